The van der Waals surface area contributed by atoms with Crippen molar-refractivity contribution in [3.63, 3.8) is 0 Å². The molecular formula is C14H18N4S. The molecule has 1 N–H and O–H groups in total. The number of anilines is 1. The Balaban J connectivity index is 2.47. The van der Waals surface area contributed by atoms with Crippen LogP contribution in [0.4, 0.5) is 5.95 Å². The lowest BCUT2D eigenvalue weighted by Crippen LogP contribution is -2.24. The molecule has 0 radical (unpaired) electrons. The van der Waals surface area contributed by atoms with Crippen molar-refractivity contribution in [2.75, 3.05) is 18.0 Å². The molecule has 5 heteroatoms. The molecule has 0 saturated carbocycles. The molecule has 0 fully saturated rings. The van der Waals surface area contributed by atoms with Crippen molar-refractivity contribution >= 4 is 18.2 Å². The number of hydrogen-bond acceptors (Lipinski definition) is 4. The summed E-state index contributed by atoms with van der Waals surface area (Å²) in [6.45, 7) is 8.01. The average Bonchev–Trinajstić information content (AvgIpc) is 2.40. The molecule has 0 unspecified atom stereocenters. The highest BCUT2D eigenvalue weighted by Gasteiger charge is 2.07. The van der Waals surface area contributed by atoms with Crippen molar-refractivity contribution in [1.29, 1.82) is 0 Å². The quantitative estimate of drug-likeness (QED) is 0.868. The van der Waals surface area contributed by atoms with Crippen LogP contribution in [0.1, 0.15) is 19.4 Å². The number of rotatable bonds is 4. The number of hydrogen-bond donors (Lipinski definition) is 1. The van der Waals surface area contributed by atoms with Crippen LogP contribution in [-0.4, -0.2) is 28.0 Å². The van der Waals surface area contributed by atoms with Crippen molar-refractivity contribution in [2.24, 2.45) is 0 Å². The molecule has 0 aliphatic carbocycles. The van der Waals surface area contributed by atoms with E-state index in [-0.39, 0.29) is 0 Å². The highest BCUT2D eigenvalue weighted by atomic mass is 32.1. The molecule has 0 aliphatic heterocycles. The first-order chi connectivity index (χ1) is 9.13. The van der Waals surface area contributed by atoms with Crippen LogP contribution in [-0.2, 0) is 0 Å². The van der Waals surface area contributed by atoms with Crippen molar-refractivity contribution in [3.8, 4) is 11.4 Å². The van der Waals surface area contributed by atoms with Crippen molar-refractivity contribution in [3.05, 3.63) is 34.6 Å². The SMILES string of the molecule is CCN(CC)c1nc(=S)nc(-c2ccc(C)cc2)[nH]1. The molecule has 0 saturated heterocycles. The maximum atomic E-state index is 5.16. The highest BCUT2D eigenvalue weighted by Crippen LogP contribution is 2.17. The predicted molar refractivity (Wildman–Crippen MR) is 81.0 cm³/mol. The third-order valence-electron chi connectivity index (χ3n) is 3.03. The second kappa shape index (κ2) is 5.93. The molecule has 0 spiro atoms. The van der Waals surface area contributed by atoms with Gasteiger partial charge in [0.15, 0.2) is 0 Å². The van der Waals surface area contributed by atoms with Crippen LogP contribution in [0.15, 0.2) is 24.3 Å². The number of aryl methyl sites for hydroxylation is 1. The number of nitrogens with one attached hydrogen (secondary N) is 1. The first-order valence-electron chi connectivity index (χ1n) is 6.44. The summed E-state index contributed by atoms with van der Waals surface area (Å²) in [6.07, 6.45) is 0. The molecule has 0 aliphatic rings. The van der Waals surface area contributed by atoms with Gasteiger partial charge in [-0.05, 0) is 33.0 Å². The van der Waals surface area contributed by atoms with E-state index in [0.717, 1.165) is 30.4 Å². The van der Waals surface area contributed by atoms with E-state index >= 15 is 0 Å². The summed E-state index contributed by atoms with van der Waals surface area (Å²) in [5.74, 6) is 1.54. The maximum Gasteiger partial charge on any atom is 0.224 e. The first-order valence-corrected chi connectivity index (χ1v) is 6.85. The topological polar surface area (TPSA) is 44.8 Å². The van der Waals surface area contributed by atoms with Crippen LogP contribution in [0.2, 0.25) is 0 Å². The predicted octanol–water partition coefficient (Wildman–Crippen LogP) is 3.36. The molecule has 19 heavy (non-hydrogen) atoms. The molecule has 4 nitrogen and oxygen atoms in total. The van der Waals surface area contributed by atoms with Crippen LogP contribution in [0.25, 0.3) is 11.4 Å². The Morgan fingerprint density at radius 2 is 1.74 bits per heavy atom. The zero-order valence-electron chi connectivity index (χ0n) is 11.5. The molecule has 0 amide bonds. The number of aromatic amines is 1. The van der Waals surface area contributed by atoms with Crippen LogP contribution in [0.5, 0.6) is 0 Å². The number of benzene rings is 1. The largest absolute Gasteiger partial charge is 0.343 e. The average molecular weight is 274 g/mol. The van der Waals surface area contributed by atoms with E-state index in [2.05, 4.69) is 52.8 Å². The van der Waals surface area contributed by atoms with Gasteiger partial charge in [-0.25, -0.2) is 4.98 Å². The van der Waals surface area contributed by atoms with Gasteiger partial charge in [-0.1, -0.05) is 29.8 Å². The Morgan fingerprint density at radius 3 is 2.32 bits per heavy atom. The van der Waals surface area contributed by atoms with E-state index in [1.807, 2.05) is 12.1 Å². The van der Waals surface area contributed by atoms with Gasteiger partial charge in [0.1, 0.15) is 5.82 Å². The first kappa shape index (κ1) is 13.7. The lowest BCUT2D eigenvalue weighted by atomic mass is 10.1. The maximum absolute atomic E-state index is 5.16. The van der Waals surface area contributed by atoms with Gasteiger partial charge in [0.05, 0.1) is 0 Å². The van der Waals surface area contributed by atoms with Crippen LogP contribution in [0.3, 0.4) is 0 Å². The van der Waals surface area contributed by atoms with Crippen LogP contribution in [0, 0.1) is 11.7 Å². The van der Waals surface area contributed by atoms with Crippen LogP contribution >= 0.6 is 12.2 Å². The van der Waals surface area contributed by atoms with Gasteiger partial charge in [-0.3, -0.25) is 0 Å². The molecule has 2 rings (SSSR count). The van der Waals surface area contributed by atoms with Gasteiger partial charge in [-0.2, -0.15) is 4.98 Å². The Kier molecular flexibility index (Phi) is 4.27. The number of nitrogens with zero attached hydrogens (tertiary/aromatic N) is 3. The van der Waals surface area contributed by atoms with E-state index in [1.54, 1.807) is 0 Å². The second-order valence-electron chi connectivity index (χ2n) is 4.34. The van der Waals surface area contributed by atoms with E-state index in [1.165, 1.54) is 5.56 Å². The standard InChI is InChI=1S/C14H18N4S/c1-4-18(5-2)13-15-12(16-14(19)17-13)11-8-6-10(3)7-9-11/h6-9H,4-5H2,1-3H3,(H,15,16,17,19). The van der Waals surface area contributed by atoms with Crippen molar-refractivity contribution in [1.82, 2.24) is 15.0 Å². The van der Waals surface area contributed by atoms with Gasteiger partial charge < -0.3 is 9.88 Å². The third-order valence-corrected chi connectivity index (χ3v) is 3.21. The number of aromatic nitrogens is 3. The van der Waals surface area contributed by atoms with Gasteiger partial charge >= 0.3 is 0 Å². The van der Waals surface area contributed by atoms with Crippen molar-refractivity contribution < 1.29 is 0 Å². The van der Waals surface area contributed by atoms with E-state index in [4.69, 9.17) is 12.2 Å². The van der Waals surface area contributed by atoms with Gasteiger partial charge in [0.2, 0.25) is 10.7 Å². The van der Waals surface area contributed by atoms with E-state index < -0.39 is 0 Å². The fraction of sp³-hybridized carbons (Fsp3) is 0.357. The van der Waals surface area contributed by atoms with Crippen LogP contribution < -0.4 is 4.90 Å². The molecule has 2 aromatic rings. The normalized spacial score (nSPS) is 10.5. The molecular weight excluding hydrogens is 256 g/mol. The monoisotopic (exact) mass is 274 g/mol. The number of H-pyrrole nitrogens is 1. The highest BCUT2D eigenvalue weighted by molar-refractivity contribution is 7.71. The molecule has 1 heterocycles. The molecule has 100 valence electrons. The summed E-state index contributed by atoms with van der Waals surface area (Å²) in [5.41, 5.74) is 2.24. The zero-order valence-corrected chi connectivity index (χ0v) is 12.3. The lowest BCUT2D eigenvalue weighted by molar-refractivity contribution is 0.810. The van der Waals surface area contributed by atoms with E-state index in [9.17, 15) is 0 Å². The second-order valence-corrected chi connectivity index (χ2v) is 4.71. The lowest BCUT2D eigenvalue weighted by Gasteiger charge is -2.19. The van der Waals surface area contributed by atoms with Gasteiger partial charge in [-0.15, -0.1) is 0 Å². The van der Waals surface area contributed by atoms with Gasteiger partial charge in [0, 0.05) is 18.7 Å². The van der Waals surface area contributed by atoms with Crippen molar-refractivity contribution in [2.45, 2.75) is 20.8 Å². The van der Waals surface area contributed by atoms with Gasteiger partial charge in [0.25, 0.3) is 0 Å². The summed E-state index contributed by atoms with van der Waals surface area (Å²) in [5, 5.41) is 0. The molecule has 1 aromatic heterocycles. The Labute approximate surface area is 118 Å². The molecule has 0 bridgehead atoms. The minimum Gasteiger partial charge on any atom is -0.343 e. The summed E-state index contributed by atoms with van der Waals surface area (Å²) >= 11 is 5.16. The minimum atomic E-state index is 0.372. The molecule has 1 aromatic carbocycles. The Morgan fingerprint density at radius 1 is 1.11 bits per heavy atom. The summed E-state index contributed by atoms with van der Waals surface area (Å²) in [6, 6.07) is 8.20. The minimum absolute atomic E-state index is 0.372. The fourth-order valence-corrected chi connectivity index (χ4v) is 2.07. The Hall–Kier alpha value is -1.75. The zero-order chi connectivity index (χ0) is 13.8. The third kappa shape index (κ3) is 3.17. The van der Waals surface area contributed by atoms with E-state index in [0.29, 0.717) is 4.77 Å². The Bertz CT molecular complexity index is 600. The molecule has 0 atom stereocenters. The summed E-state index contributed by atoms with van der Waals surface area (Å²) in [4.78, 5) is 14.0. The smallest absolute Gasteiger partial charge is 0.224 e. The fourth-order valence-electron chi connectivity index (χ4n) is 1.89. The summed E-state index contributed by atoms with van der Waals surface area (Å²) < 4.78 is 0.372. The summed E-state index contributed by atoms with van der Waals surface area (Å²) in [7, 11) is 0.